The van der Waals surface area contributed by atoms with Gasteiger partial charge in [0.2, 0.25) is 0 Å². The summed E-state index contributed by atoms with van der Waals surface area (Å²) in [6.07, 6.45) is 1.30. The SMILES string of the molecule is CN1CCN(C(=O)c2coc(N)n2)CC1. The number of anilines is 1. The first-order chi connectivity index (χ1) is 7.16. The number of likely N-dealkylation sites (N-methyl/N-ethyl adjacent to an activating group) is 1. The van der Waals surface area contributed by atoms with E-state index in [-0.39, 0.29) is 17.6 Å². The number of carbonyl (C=O) groups is 1. The second-order valence-electron chi connectivity index (χ2n) is 3.67. The number of nitrogens with two attached hydrogens (primary N) is 1. The van der Waals surface area contributed by atoms with E-state index < -0.39 is 0 Å². The van der Waals surface area contributed by atoms with E-state index in [4.69, 9.17) is 10.2 Å². The molecule has 0 aromatic carbocycles. The third-order valence-electron chi connectivity index (χ3n) is 2.53. The predicted octanol–water partition coefficient (Wildman–Crippen LogP) is -0.356. The summed E-state index contributed by atoms with van der Waals surface area (Å²) < 4.78 is 4.81. The van der Waals surface area contributed by atoms with Crippen LogP contribution < -0.4 is 5.73 Å². The zero-order valence-electron chi connectivity index (χ0n) is 8.64. The lowest BCUT2D eigenvalue weighted by Crippen LogP contribution is -2.47. The standard InChI is InChI=1S/C9H14N4O2/c1-12-2-4-13(5-3-12)8(14)7-6-15-9(10)11-7/h6H,2-5H2,1H3,(H2,10,11). The van der Waals surface area contributed by atoms with E-state index in [0.717, 1.165) is 26.2 Å². The average Bonchev–Trinajstić information content (AvgIpc) is 2.65. The topological polar surface area (TPSA) is 75.6 Å². The van der Waals surface area contributed by atoms with Crippen molar-refractivity contribution in [3.63, 3.8) is 0 Å². The smallest absolute Gasteiger partial charge is 0.292 e. The maximum atomic E-state index is 11.8. The quantitative estimate of drug-likeness (QED) is 0.685. The molecule has 0 atom stereocenters. The van der Waals surface area contributed by atoms with Gasteiger partial charge in [0.1, 0.15) is 6.26 Å². The van der Waals surface area contributed by atoms with Crippen LogP contribution in [-0.2, 0) is 0 Å². The predicted molar refractivity (Wildman–Crippen MR) is 54.3 cm³/mol. The lowest BCUT2D eigenvalue weighted by molar-refractivity contribution is 0.0658. The van der Waals surface area contributed by atoms with Gasteiger partial charge in [0.05, 0.1) is 0 Å². The molecule has 1 aliphatic heterocycles. The van der Waals surface area contributed by atoms with Gasteiger partial charge in [-0.2, -0.15) is 4.98 Å². The van der Waals surface area contributed by atoms with Crippen LogP contribution in [0, 0.1) is 0 Å². The molecule has 0 spiro atoms. The van der Waals surface area contributed by atoms with Crippen molar-refractivity contribution in [1.29, 1.82) is 0 Å². The first kappa shape index (κ1) is 9.97. The van der Waals surface area contributed by atoms with E-state index in [1.807, 2.05) is 7.05 Å². The molecular formula is C9H14N4O2. The van der Waals surface area contributed by atoms with Crippen molar-refractivity contribution in [2.75, 3.05) is 39.0 Å². The lowest BCUT2D eigenvalue weighted by Gasteiger charge is -2.31. The van der Waals surface area contributed by atoms with E-state index in [2.05, 4.69) is 9.88 Å². The van der Waals surface area contributed by atoms with Crippen LogP contribution in [0.3, 0.4) is 0 Å². The Labute approximate surface area is 87.7 Å². The molecule has 2 heterocycles. The Morgan fingerprint density at radius 1 is 1.47 bits per heavy atom. The maximum Gasteiger partial charge on any atom is 0.292 e. The number of piperazine rings is 1. The van der Waals surface area contributed by atoms with Crippen molar-refractivity contribution >= 4 is 11.9 Å². The van der Waals surface area contributed by atoms with Gasteiger partial charge in [0.25, 0.3) is 11.9 Å². The van der Waals surface area contributed by atoms with Gasteiger partial charge in [-0.05, 0) is 7.05 Å². The molecule has 1 aromatic rings. The Hall–Kier alpha value is -1.56. The summed E-state index contributed by atoms with van der Waals surface area (Å²) in [7, 11) is 2.04. The fourth-order valence-electron chi connectivity index (χ4n) is 1.56. The van der Waals surface area contributed by atoms with E-state index in [9.17, 15) is 4.79 Å². The van der Waals surface area contributed by atoms with Gasteiger partial charge in [0.15, 0.2) is 5.69 Å². The van der Waals surface area contributed by atoms with E-state index >= 15 is 0 Å². The molecule has 0 radical (unpaired) electrons. The zero-order chi connectivity index (χ0) is 10.8. The third-order valence-corrected chi connectivity index (χ3v) is 2.53. The van der Waals surface area contributed by atoms with Crippen molar-refractivity contribution in [2.45, 2.75) is 0 Å². The number of aromatic nitrogens is 1. The zero-order valence-corrected chi connectivity index (χ0v) is 8.64. The molecule has 1 aliphatic rings. The summed E-state index contributed by atoms with van der Waals surface area (Å²) in [4.78, 5) is 19.6. The Bertz CT molecular complexity index is 355. The third kappa shape index (κ3) is 2.10. The molecule has 2 N–H and O–H groups in total. The largest absolute Gasteiger partial charge is 0.431 e. The van der Waals surface area contributed by atoms with Crippen LogP contribution >= 0.6 is 0 Å². The summed E-state index contributed by atoms with van der Waals surface area (Å²) in [6.45, 7) is 3.22. The summed E-state index contributed by atoms with van der Waals surface area (Å²) in [5.41, 5.74) is 5.60. The second kappa shape index (κ2) is 3.90. The normalized spacial score (nSPS) is 18.1. The minimum absolute atomic E-state index is 0.0347. The van der Waals surface area contributed by atoms with Crippen LogP contribution in [0.15, 0.2) is 10.7 Å². The molecule has 1 amide bonds. The number of hydrogen-bond acceptors (Lipinski definition) is 5. The van der Waals surface area contributed by atoms with Gasteiger partial charge < -0.3 is 20.0 Å². The number of rotatable bonds is 1. The Balaban J connectivity index is 2.02. The van der Waals surface area contributed by atoms with Crippen LogP contribution in [0.1, 0.15) is 10.5 Å². The number of amides is 1. The molecule has 0 aliphatic carbocycles. The highest BCUT2D eigenvalue weighted by Gasteiger charge is 2.22. The van der Waals surface area contributed by atoms with Crippen LogP contribution in [0.2, 0.25) is 0 Å². The molecule has 15 heavy (non-hydrogen) atoms. The van der Waals surface area contributed by atoms with Crippen LogP contribution in [0.5, 0.6) is 0 Å². The first-order valence-electron chi connectivity index (χ1n) is 4.85. The fraction of sp³-hybridized carbons (Fsp3) is 0.556. The minimum Gasteiger partial charge on any atom is -0.431 e. The number of nitrogen functional groups attached to an aromatic ring is 1. The van der Waals surface area contributed by atoms with E-state index in [1.165, 1.54) is 6.26 Å². The molecule has 6 heteroatoms. The molecular weight excluding hydrogens is 196 g/mol. The highest BCUT2D eigenvalue weighted by Crippen LogP contribution is 2.08. The van der Waals surface area contributed by atoms with E-state index in [0.29, 0.717) is 0 Å². The number of hydrogen-bond donors (Lipinski definition) is 1. The lowest BCUT2D eigenvalue weighted by atomic mass is 10.3. The molecule has 0 saturated carbocycles. The fourth-order valence-corrected chi connectivity index (χ4v) is 1.56. The van der Waals surface area contributed by atoms with Crippen molar-refractivity contribution < 1.29 is 9.21 Å². The monoisotopic (exact) mass is 210 g/mol. The minimum atomic E-state index is -0.108. The first-order valence-corrected chi connectivity index (χ1v) is 4.85. The van der Waals surface area contributed by atoms with Crippen molar-refractivity contribution in [2.24, 2.45) is 0 Å². The molecule has 2 rings (SSSR count). The van der Waals surface area contributed by atoms with Crippen LogP contribution in [0.25, 0.3) is 0 Å². The molecule has 1 saturated heterocycles. The van der Waals surface area contributed by atoms with E-state index in [1.54, 1.807) is 4.90 Å². The van der Waals surface area contributed by atoms with Crippen molar-refractivity contribution in [3.05, 3.63) is 12.0 Å². The van der Waals surface area contributed by atoms with Gasteiger partial charge >= 0.3 is 0 Å². The van der Waals surface area contributed by atoms with Gasteiger partial charge in [-0.1, -0.05) is 0 Å². The van der Waals surface area contributed by atoms with Crippen molar-refractivity contribution in [1.82, 2.24) is 14.8 Å². The van der Waals surface area contributed by atoms with Crippen molar-refractivity contribution in [3.8, 4) is 0 Å². The van der Waals surface area contributed by atoms with Gasteiger partial charge in [0, 0.05) is 26.2 Å². The van der Waals surface area contributed by atoms with Gasteiger partial charge in [-0.3, -0.25) is 4.79 Å². The number of carbonyl (C=O) groups excluding carboxylic acids is 1. The molecule has 1 aromatic heterocycles. The van der Waals surface area contributed by atoms with Crippen LogP contribution in [-0.4, -0.2) is 53.9 Å². The van der Waals surface area contributed by atoms with Gasteiger partial charge in [-0.15, -0.1) is 0 Å². The average molecular weight is 210 g/mol. The summed E-state index contributed by atoms with van der Waals surface area (Å²) in [6, 6.07) is 0.0347. The molecule has 0 bridgehead atoms. The number of oxazole rings is 1. The molecule has 0 unspecified atom stereocenters. The van der Waals surface area contributed by atoms with Crippen LogP contribution in [0.4, 0.5) is 6.01 Å². The molecule has 6 nitrogen and oxygen atoms in total. The summed E-state index contributed by atoms with van der Waals surface area (Å²) >= 11 is 0. The maximum absolute atomic E-state index is 11.8. The highest BCUT2D eigenvalue weighted by atomic mass is 16.4. The molecule has 1 fully saturated rings. The summed E-state index contributed by atoms with van der Waals surface area (Å²) in [5, 5.41) is 0. The van der Waals surface area contributed by atoms with Gasteiger partial charge in [-0.25, -0.2) is 0 Å². The number of nitrogens with zero attached hydrogens (tertiary/aromatic N) is 3. The summed E-state index contributed by atoms with van der Waals surface area (Å²) in [5.74, 6) is -0.108. The Morgan fingerprint density at radius 3 is 2.67 bits per heavy atom. The second-order valence-corrected chi connectivity index (χ2v) is 3.67. The Morgan fingerprint density at radius 2 is 2.13 bits per heavy atom. The highest BCUT2D eigenvalue weighted by molar-refractivity contribution is 5.92. The molecule has 82 valence electrons. The Kier molecular flexibility index (Phi) is 2.59.